The first-order chi connectivity index (χ1) is 24.8. The number of anilines is 2. The Labute approximate surface area is 307 Å². The molecule has 10 nitrogen and oxygen atoms in total. The van der Waals surface area contributed by atoms with Gasteiger partial charge in [-0.15, -0.1) is 0 Å². The van der Waals surface area contributed by atoms with Crippen LogP contribution in [0.15, 0.2) is 91.4 Å². The van der Waals surface area contributed by atoms with E-state index in [0.29, 0.717) is 84.6 Å². The second kappa shape index (κ2) is 14.6. The number of hydrogen-bond acceptors (Lipinski definition) is 7. The van der Waals surface area contributed by atoms with Crippen molar-refractivity contribution in [2.75, 3.05) is 51.8 Å². The van der Waals surface area contributed by atoms with Crippen molar-refractivity contribution in [3.63, 3.8) is 0 Å². The van der Waals surface area contributed by atoms with Gasteiger partial charge in [-0.3, -0.25) is 9.59 Å². The molecule has 4 heterocycles. The molecule has 264 valence electrons. The molecule has 0 aliphatic carbocycles. The Bertz CT molecular complexity index is 2040. The summed E-state index contributed by atoms with van der Waals surface area (Å²) in [7, 11) is 3.40. The molecule has 2 aromatic heterocycles. The van der Waals surface area contributed by atoms with Gasteiger partial charge in [0, 0.05) is 79.0 Å². The molecule has 2 amide bonds. The molecule has 2 fully saturated rings. The number of halogens is 2. The Morgan fingerprint density at radius 1 is 0.784 bits per heavy atom. The minimum atomic E-state index is -0.571. The number of methoxy groups -OCH3 is 2. The van der Waals surface area contributed by atoms with Crippen molar-refractivity contribution < 1.29 is 19.1 Å². The first-order valence-electron chi connectivity index (χ1n) is 17.1. The molecule has 7 rings (SSSR count). The summed E-state index contributed by atoms with van der Waals surface area (Å²) < 4.78 is 12.1. The van der Waals surface area contributed by atoms with Crippen molar-refractivity contribution in [3.05, 3.63) is 118 Å². The summed E-state index contributed by atoms with van der Waals surface area (Å²) in [5.74, 6) is 0.415. The van der Waals surface area contributed by atoms with Crippen molar-refractivity contribution in [2.24, 2.45) is 0 Å². The van der Waals surface area contributed by atoms with Gasteiger partial charge in [0.15, 0.2) is 0 Å². The fraction of sp³-hybridized carbons (Fsp3) is 0.333. The van der Waals surface area contributed by atoms with Crippen molar-refractivity contribution in [1.82, 2.24) is 24.8 Å². The molecule has 0 atom stereocenters. The number of carbonyl (C=O) groups excluding carboxylic acids is 2. The first-order valence-corrected chi connectivity index (χ1v) is 17.9. The zero-order valence-electron chi connectivity index (χ0n) is 28.6. The highest BCUT2D eigenvalue weighted by atomic mass is 35.5. The maximum Gasteiger partial charge on any atom is 0.253 e. The smallest absolute Gasteiger partial charge is 0.253 e. The number of aromatic amines is 1. The number of rotatable bonds is 9. The Hall–Kier alpha value is -4.48. The molecule has 3 aromatic carbocycles. The molecule has 2 aliphatic rings. The molecule has 12 heteroatoms. The van der Waals surface area contributed by atoms with Crippen LogP contribution in [0.1, 0.15) is 47.2 Å². The van der Waals surface area contributed by atoms with Gasteiger partial charge in [-0.25, -0.2) is 9.97 Å². The molecular weight excluding hydrogens is 687 g/mol. The van der Waals surface area contributed by atoms with Crippen molar-refractivity contribution in [3.8, 4) is 0 Å². The Balaban J connectivity index is 1.12. The third-order valence-electron chi connectivity index (χ3n) is 10.6. The van der Waals surface area contributed by atoms with E-state index in [2.05, 4.69) is 15.0 Å². The fourth-order valence-corrected chi connectivity index (χ4v) is 8.22. The van der Waals surface area contributed by atoms with Crippen LogP contribution >= 0.6 is 23.2 Å². The maximum atomic E-state index is 14.1. The topological polar surface area (TPSA) is 104 Å². The molecule has 2 aliphatic heterocycles. The maximum absolute atomic E-state index is 14.1. The number of hydrogen-bond donors (Lipinski definition) is 1. The predicted molar refractivity (Wildman–Crippen MR) is 199 cm³/mol. The number of fused-ring (bicyclic) bond motifs is 1. The van der Waals surface area contributed by atoms with Gasteiger partial charge in [0.05, 0.1) is 16.6 Å². The highest BCUT2D eigenvalue weighted by Crippen LogP contribution is 2.41. The summed E-state index contributed by atoms with van der Waals surface area (Å²) >= 11 is 13.2. The third kappa shape index (κ3) is 6.69. The SMILES string of the molecule is COC1(c2ccccc2Cl)CCN(C(=O)CN(c2cccc(C(=O)N3CCC(OC)(c4ccccc4Cl)CC3)c2)c2ncnc3[nH]ccc23)CC1. The van der Waals surface area contributed by atoms with Crippen LogP contribution in [-0.2, 0) is 25.5 Å². The third-order valence-corrected chi connectivity index (χ3v) is 11.2. The number of ether oxygens (including phenoxy) is 2. The van der Waals surface area contributed by atoms with E-state index >= 15 is 0 Å². The van der Waals surface area contributed by atoms with Gasteiger partial charge in [-0.2, -0.15) is 0 Å². The zero-order valence-corrected chi connectivity index (χ0v) is 30.2. The number of H-pyrrole nitrogens is 1. The van der Waals surface area contributed by atoms with Crippen LogP contribution in [0, 0.1) is 0 Å². The highest BCUT2D eigenvalue weighted by molar-refractivity contribution is 6.31. The normalized spacial score (nSPS) is 17.0. The molecule has 5 aromatic rings. The van der Waals surface area contributed by atoms with Gasteiger partial charge in [0.2, 0.25) is 5.91 Å². The van der Waals surface area contributed by atoms with Crippen LogP contribution in [0.2, 0.25) is 10.0 Å². The largest absolute Gasteiger partial charge is 0.373 e. The number of benzene rings is 3. The molecule has 1 N–H and O–H groups in total. The molecular formula is C39H40Cl2N6O4. The zero-order chi connectivity index (χ0) is 35.6. The van der Waals surface area contributed by atoms with Crippen LogP contribution < -0.4 is 4.90 Å². The lowest BCUT2D eigenvalue weighted by Crippen LogP contribution is -2.48. The van der Waals surface area contributed by atoms with Gasteiger partial charge in [-0.1, -0.05) is 65.7 Å². The van der Waals surface area contributed by atoms with Crippen LogP contribution in [-0.4, -0.2) is 83.5 Å². The van der Waals surface area contributed by atoms with E-state index in [4.69, 9.17) is 32.7 Å². The molecule has 2 saturated heterocycles. The summed E-state index contributed by atoms with van der Waals surface area (Å²) in [5, 5.41) is 2.08. The average molecular weight is 728 g/mol. The quantitative estimate of drug-likeness (QED) is 0.170. The van der Waals surface area contributed by atoms with E-state index in [1.165, 1.54) is 6.33 Å². The molecule has 0 bridgehead atoms. The van der Waals surface area contributed by atoms with Crippen LogP contribution in [0.4, 0.5) is 11.5 Å². The monoisotopic (exact) mass is 726 g/mol. The minimum absolute atomic E-state index is 0.0128. The number of likely N-dealkylation sites (tertiary alicyclic amines) is 2. The fourth-order valence-electron chi connectivity index (χ4n) is 7.60. The summed E-state index contributed by atoms with van der Waals surface area (Å²) in [6, 6.07) is 24.7. The highest BCUT2D eigenvalue weighted by Gasteiger charge is 2.40. The van der Waals surface area contributed by atoms with Gasteiger partial charge in [0.1, 0.15) is 24.3 Å². The number of piperidine rings is 2. The predicted octanol–water partition coefficient (Wildman–Crippen LogP) is 7.35. The van der Waals surface area contributed by atoms with Gasteiger partial charge in [0.25, 0.3) is 5.91 Å². The van der Waals surface area contributed by atoms with Gasteiger partial charge in [-0.05, 0) is 62.1 Å². The second-order valence-corrected chi connectivity index (χ2v) is 13.9. The standard InChI is InChI=1S/C39H40Cl2N6O4/c1-50-38(30-10-3-5-12-32(30)40)15-20-45(21-16-38)34(48)25-47(36-29-14-19-42-35(29)43-26-44-36)28-9-7-8-27(24-28)37(49)46-22-17-39(51-2,18-23-46)31-11-4-6-13-33(31)41/h3-14,19,24,26H,15-18,20-23,25H2,1-2H3,(H,42,43,44). The van der Waals surface area contributed by atoms with E-state index < -0.39 is 11.2 Å². The lowest BCUT2D eigenvalue weighted by Gasteiger charge is -2.42. The summed E-state index contributed by atoms with van der Waals surface area (Å²) in [6.45, 7) is 2.02. The average Bonchev–Trinajstić information content (AvgIpc) is 3.67. The Kier molecular flexibility index (Phi) is 10.0. The second-order valence-electron chi connectivity index (χ2n) is 13.1. The van der Waals surface area contributed by atoms with E-state index in [1.54, 1.807) is 20.4 Å². The van der Waals surface area contributed by atoms with Crippen molar-refractivity contribution in [2.45, 2.75) is 36.9 Å². The lowest BCUT2D eigenvalue weighted by molar-refractivity contribution is -0.135. The number of nitrogens with zero attached hydrogens (tertiary/aromatic N) is 5. The molecule has 0 saturated carbocycles. The minimum Gasteiger partial charge on any atom is -0.373 e. The van der Waals surface area contributed by atoms with Crippen LogP contribution in [0.5, 0.6) is 0 Å². The Morgan fingerprint density at radius 3 is 1.96 bits per heavy atom. The molecule has 51 heavy (non-hydrogen) atoms. The van der Waals surface area contributed by atoms with Crippen LogP contribution in [0.25, 0.3) is 11.0 Å². The van der Waals surface area contributed by atoms with E-state index in [0.717, 1.165) is 16.5 Å². The summed E-state index contributed by atoms with van der Waals surface area (Å²) in [6.07, 6.45) is 5.72. The number of aromatic nitrogens is 3. The molecule has 0 spiro atoms. The summed E-state index contributed by atoms with van der Waals surface area (Å²) in [4.78, 5) is 45.8. The summed E-state index contributed by atoms with van der Waals surface area (Å²) in [5.41, 5.74) is 2.59. The molecule has 0 radical (unpaired) electrons. The number of carbonyl (C=O) groups is 2. The van der Waals surface area contributed by atoms with Crippen molar-refractivity contribution in [1.29, 1.82) is 0 Å². The van der Waals surface area contributed by atoms with Gasteiger partial charge >= 0.3 is 0 Å². The number of amides is 2. The Morgan fingerprint density at radius 2 is 1.37 bits per heavy atom. The van der Waals surface area contributed by atoms with E-state index in [-0.39, 0.29) is 18.4 Å². The lowest BCUT2D eigenvalue weighted by atomic mass is 9.84. The van der Waals surface area contributed by atoms with Crippen LogP contribution in [0.3, 0.4) is 0 Å². The first kappa shape index (κ1) is 34.9. The molecule has 0 unspecified atom stereocenters. The van der Waals surface area contributed by atoms with E-state index in [9.17, 15) is 9.59 Å². The van der Waals surface area contributed by atoms with E-state index in [1.807, 2.05) is 93.6 Å². The van der Waals surface area contributed by atoms with Crippen molar-refractivity contribution >= 4 is 57.6 Å². The number of nitrogens with one attached hydrogen (secondary N) is 1. The van der Waals surface area contributed by atoms with Gasteiger partial charge < -0.3 is 29.2 Å².